The first-order chi connectivity index (χ1) is 9.13. The largest absolute Gasteiger partial charge is 0.507 e. The standard InChI is InChI=1S/C14H18ClNO3/c15-10-4-5-13(18)12(9-10)14(19)16-7-2-1-3-11(16)6-8-17/h4-5,9,11,17-18H,1-3,6-8H2. The summed E-state index contributed by atoms with van der Waals surface area (Å²) >= 11 is 5.88. The maximum atomic E-state index is 12.5. The van der Waals surface area contributed by atoms with E-state index in [1.807, 2.05) is 0 Å². The number of carbonyl (C=O) groups excluding carboxylic acids is 1. The number of benzene rings is 1. The van der Waals surface area contributed by atoms with E-state index >= 15 is 0 Å². The molecule has 1 atom stereocenters. The van der Waals surface area contributed by atoms with E-state index in [4.69, 9.17) is 16.7 Å². The molecule has 0 bridgehead atoms. The van der Waals surface area contributed by atoms with Crippen LogP contribution in [0.1, 0.15) is 36.0 Å². The lowest BCUT2D eigenvalue weighted by Gasteiger charge is -2.35. The first kappa shape index (κ1) is 14.2. The third-order valence-electron chi connectivity index (χ3n) is 3.54. The van der Waals surface area contributed by atoms with Crippen LogP contribution in [0.25, 0.3) is 0 Å². The average molecular weight is 284 g/mol. The lowest BCUT2D eigenvalue weighted by atomic mass is 9.98. The fraction of sp³-hybridized carbons (Fsp3) is 0.500. The predicted octanol–water partition coefficient (Wildman–Crippen LogP) is 2.42. The SMILES string of the molecule is O=C(c1cc(Cl)ccc1O)N1CCCCC1CCO. The molecule has 4 nitrogen and oxygen atoms in total. The zero-order valence-electron chi connectivity index (χ0n) is 10.7. The molecule has 1 heterocycles. The van der Waals surface area contributed by atoms with Crippen LogP contribution >= 0.6 is 11.6 Å². The highest BCUT2D eigenvalue weighted by Crippen LogP contribution is 2.27. The van der Waals surface area contributed by atoms with E-state index in [-0.39, 0.29) is 29.9 Å². The number of piperidine rings is 1. The number of hydrogen-bond donors (Lipinski definition) is 2. The molecule has 5 heteroatoms. The molecule has 0 radical (unpaired) electrons. The molecule has 1 aromatic rings. The van der Waals surface area contributed by atoms with E-state index in [0.29, 0.717) is 18.0 Å². The highest BCUT2D eigenvalue weighted by Gasteiger charge is 2.28. The van der Waals surface area contributed by atoms with Gasteiger partial charge in [-0.2, -0.15) is 0 Å². The Morgan fingerprint density at radius 2 is 2.21 bits per heavy atom. The number of aliphatic hydroxyl groups is 1. The summed E-state index contributed by atoms with van der Waals surface area (Å²) in [6, 6.07) is 4.52. The summed E-state index contributed by atoms with van der Waals surface area (Å²) in [5.41, 5.74) is 0.234. The summed E-state index contributed by atoms with van der Waals surface area (Å²) in [6.45, 7) is 0.728. The van der Waals surface area contributed by atoms with Gasteiger partial charge in [-0.15, -0.1) is 0 Å². The van der Waals surface area contributed by atoms with Crippen molar-refractivity contribution in [2.45, 2.75) is 31.7 Å². The second-order valence-electron chi connectivity index (χ2n) is 4.82. The average Bonchev–Trinajstić information content (AvgIpc) is 2.42. The summed E-state index contributed by atoms with van der Waals surface area (Å²) in [5, 5.41) is 19.3. The Labute approximate surface area is 117 Å². The molecule has 19 heavy (non-hydrogen) atoms. The van der Waals surface area contributed by atoms with Gasteiger partial charge in [-0.3, -0.25) is 4.79 Å². The van der Waals surface area contributed by atoms with Gasteiger partial charge in [0.25, 0.3) is 5.91 Å². The number of aliphatic hydroxyl groups excluding tert-OH is 1. The normalized spacial score (nSPS) is 19.5. The van der Waals surface area contributed by atoms with Gasteiger partial charge in [0.2, 0.25) is 0 Å². The van der Waals surface area contributed by atoms with Gasteiger partial charge in [-0.25, -0.2) is 0 Å². The molecule has 2 N–H and O–H groups in total. The number of carbonyl (C=O) groups is 1. The van der Waals surface area contributed by atoms with E-state index in [0.717, 1.165) is 19.3 Å². The molecule has 1 saturated heterocycles. The van der Waals surface area contributed by atoms with Crippen molar-refractivity contribution in [3.05, 3.63) is 28.8 Å². The summed E-state index contributed by atoms with van der Waals surface area (Å²) in [7, 11) is 0. The molecule has 0 spiro atoms. The third kappa shape index (κ3) is 3.19. The van der Waals surface area contributed by atoms with E-state index in [9.17, 15) is 9.90 Å². The molecule has 1 amide bonds. The fourth-order valence-corrected chi connectivity index (χ4v) is 2.72. The minimum atomic E-state index is -0.210. The van der Waals surface area contributed by atoms with Gasteiger partial charge in [-0.1, -0.05) is 11.6 Å². The Morgan fingerprint density at radius 3 is 2.95 bits per heavy atom. The number of likely N-dealkylation sites (tertiary alicyclic amines) is 1. The molecule has 1 aromatic carbocycles. The second kappa shape index (κ2) is 6.26. The Balaban J connectivity index is 2.23. The number of phenolic OH excluding ortho intramolecular Hbond substituents is 1. The molecule has 0 aliphatic carbocycles. The molecule has 0 saturated carbocycles. The highest BCUT2D eigenvalue weighted by atomic mass is 35.5. The van der Waals surface area contributed by atoms with Crippen LogP contribution in [0.5, 0.6) is 5.75 Å². The maximum Gasteiger partial charge on any atom is 0.257 e. The first-order valence-corrected chi connectivity index (χ1v) is 6.91. The number of halogens is 1. The maximum absolute atomic E-state index is 12.5. The van der Waals surface area contributed by atoms with Gasteiger partial charge in [-0.05, 0) is 43.9 Å². The van der Waals surface area contributed by atoms with Crippen LogP contribution in [-0.2, 0) is 0 Å². The van der Waals surface area contributed by atoms with Crippen LogP contribution in [0.3, 0.4) is 0 Å². The molecule has 1 aliphatic rings. The first-order valence-electron chi connectivity index (χ1n) is 6.54. The number of amides is 1. The van der Waals surface area contributed by atoms with Crippen molar-refractivity contribution in [1.82, 2.24) is 4.90 Å². The molecule has 104 valence electrons. The van der Waals surface area contributed by atoms with Crippen LogP contribution in [0.4, 0.5) is 0 Å². The number of nitrogens with zero attached hydrogens (tertiary/aromatic N) is 1. The minimum Gasteiger partial charge on any atom is -0.507 e. The van der Waals surface area contributed by atoms with Crippen LogP contribution in [-0.4, -0.2) is 40.2 Å². The van der Waals surface area contributed by atoms with Crippen LogP contribution in [0.2, 0.25) is 5.02 Å². The molecular weight excluding hydrogens is 266 g/mol. The molecule has 0 aromatic heterocycles. The van der Waals surface area contributed by atoms with Crippen molar-refractivity contribution >= 4 is 17.5 Å². The Hall–Kier alpha value is -1.26. The van der Waals surface area contributed by atoms with E-state index in [2.05, 4.69) is 0 Å². The van der Waals surface area contributed by atoms with Gasteiger partial charge in [0.1, 0.15) is 5.75 Å². The lowest BCUT2D eigenvalue weighted by Crippen LogP contribution is -2.44. The minimum absolute atomic E-state index is 0.0460. The van der Waals surface area contributed by atoms with E-state index in [1.54, 1.807) is 11.0 Å². The van der Waals surface area contributed by atoms with Crippen LogP contribution < -0.4 is 0 Å². The van der Waals surface area contributed by atoms with Gasteiger partial charge in [0.15, 0.2) is 0 Å². The lowest BCUT2D eigenvalue weighted by molar-refractivity contribution is 0.0572. The van der Waals surface area contributed by atoms with E-state index < -0.39 is 0 Å². The summed E-state index contributed by atoms with van der Waals surface area (Å²) in [6.07, 6.45) is 3.49. The van der Waals surface area contributed by atoms with Crippen LogP contribution in [0.15, 0.2) is 18.2 Å². The van der Waals surface area contributed by atoms with Crippen molar-refractivity contribution in [3.63, 3.8) is 0 Å². The zero-order chi connectivity index (χ0) is 13.8. The summed E-state index contributed by atoms with van der Waals surface area (Å²) in [5.74, 6) is -0.263. The second-order valence-corrected chi connectivity index (χ2v) is 5.26. The van der Waals surface area contributed by atoms with Crippen molar-refractivity contribution < 1.29 is 15.0 Å². The van der Waals surface area contributed by atoms with Crippen molar-refractivity contribution in [1.29, 1.82) is 0 Å². The Bertz CT molecular complexity index is 462. The van der Waals surface area contributed by atoms with Crippen molar-refractivity contribution in [2.75, 3.05) is 13.2 Å². The highest BCUT2D eigenvalue weighted by molar-refractivity contribution is 6.31. The number of phenols is 1. The number of aromatic hydroxyl groups is 1. The van der Waals surface area contributed by atoms with Crippen molar-refractivity contribution in [3.8, 4) is 5.75 Å². The summed E-state index contributed by atoms with van der Waals surface area (Å²) in [4.78, 5) is 14.2. The van der Waals surface area contributed by atoms with Gasteiger partial charge in [0.05, 0.1) is 5.56 Å². The number of hydrogen-bond acceptors (Lipinski definition) is 3. The number of rotatable bonds is 3. The Morgan fingerprint density at radius 1 is 1.42 bits per heavy atom. The smallest absolute Gasteiger partial charge is 0.257 e. The monoisotopic (exact) mass is 283 g/mol. The van der Waals surface area contributed by atoms with Crippen LogP contribution in [0, 0.1) is 0 Å². The zero-order valence-corrected chi connectivity index (χ0v) is 11.4. The molecule has 2 rings (SSSR count). The molecule has 1 fully saturated rings. The van der Waals surface area contributed by atoms with Gasteiger partial charge < -0.3 is 15.1 Å². The quantitative estimate of drug-likeness (QED) is 0.896. The third-order valence-corrected chi connectivity index (χ3v) is 3.77. The Kier molecular flexibility index (Phi) is 4.66. The summed E-state index contributed by atoms with van der Waals surface area (Å²) < 4.78 is 0. The fourth-order valence-electron chi connectivity index (χ4n) is 2.55. The molecule has 1 aliphatic heterocycles. The van der Waals surface area contributed by atoms with Gasteiger partial charge in [0, 0.05) is 24.2 Å². The predicted molar refractivity (Wildman–Crippen MR) is 73.5 cm³/mol. The molecule has 1 unspecified atom stereocenters. The van der Waals surface area contributed by atoms with Gasteiger partial charge >= 0.3 is 0 Å². The van der Waals surface area contributed by atoms with Crippen molar-refractivity contribution in [2.24, 2.45) is 0 Å². The topological polar surface area (TPSA) is 60.8 Å². The molecular formula is C14H18ClNO3. The van der Waals surface area contributed by atoms with E-state index in [1.165, 1.54) is 12.1 Å².